The van der Waals surface area contributed by atoms with Gasteiger partial charge in [-0.2, -0.15) is 0 Å². The van der Waals surface area contributed by atoms with Crippen LogP contribution >= 0.6 is 0 Å². The van der Waals surface area contributed by atoms with E-state index in [2.05, 4.69) is 20.1 Å². The lowest BCUT2D eigenvalue weighted by atomic mass is 10.1. The van der Waals surface area contributed by atoms with Crippen molar-refractivity contribution >= 4 is 22.4 Å². The molecule has 1 aromatic heterocycles. The van der Waals surface area contributed by atoms with Crippen LogP contribution in [0.15, 0.2) is 16.8 Å². The average Bonchev–Trinajstić information content (AvgIpc) is 2.95. The summed E-state index contributed by atoms with van der Waals surface area (Å²) in [6, 6.07) is 3.26. The first-order valence-electron chi connectivity index (χ1n) is 6.66. The molecule has 1 saturated heterocycles. The number of nitrogens with zero attached hydrogens (tertiary/aromatic N) is 5. The molecule has 0 saturated carbocycles. The topological polar surface area (TPSA) is 115 Å². The Morgan fingerprint density at radius 2 is 2.19 bits per heavy atom. The molecule has 2 aromatic rings. The van der Waals surface area contributed by atoms with Gasteiger partial charge in [0.05, 0.1) is 16.7 Å². The van der Waals surface area contributed by atoms with Gasteiger partial charge in [-0.3, -0.25) is 10.1 Å². The molecular weight excluding hydrogens is 276 g/mol. The first-order valence-corrected chi connectivity index (χ1v) is 6.66. The fraction of sp³-hybridized carbons (Fsp3) is 0.500. The van der Waals surface area contributed by atoms with Crippen LogP contribution in [0.25, 0.3) is 11.0 Å². The number of hydrogen-bond donors (Lipinski definition) is 1. The Bertz CT molecular complexity index is 672. The Kier molecular flexibility index (Phi) is 3.43. The summed E-state index contributed by atoms with van der Waals surface area (Å²) < 4.78 is 4.70. The van der Waals surface area contributed by atoms with Crippen LogP contribution in [0.5, 0.6) is 0 Å². The highest BCUT2D eigenvalue weighted by molar-refractivity contribution is 5.94. The maximum absolute atomic E-state index is 11.0. The predicted molar refractivity (Wildman–Crippen MR) is 76.1 cm³/mol. The average molecular weight is 292 g/mol. The lowest BCUT2D eigenvalue weighted by Crippen LogP contribution is -2.55. The molecule has 0 spiro atoms. The molecule has 21 heavy (non-hydrogen) atoms. The number of nitro benzene ring substituents is 1. The Balaban J connectivity index is 2.06. The van der Waals surface area contributed by atoms with Crippen LogP contribution in [0, 0.1) is 10.1 Å². The number of non-ortho nitro benzene ring substituents is 1. The van der Waals surface area contributed by atoms with E-state index in [-0.39, 0.29) is 17.2 Å². The quantitative estimate of drug-likeness (QED) is 0.630. The van der Waals surface area contributed by atoms with Crippen molar-refractivity contribution in [1.29, 1.82) is 0 Å². The minimum Gasteiger partial charge on any atom is -0.363 e. The SMILES string of the molecule is CN1CCN(c2ccc([N+](=O)[O-])c3nonc23)C(CN)C1. The molecule has 2 heterocycles. The largest absolute Gasteiger partial charge is 0.363 e. The second-order valence-electron chi connectivity index (χ2n) is 5.17. The van der Waals surface area contributed by atoms with Crippen molar-refractivity contribution in [1.82, 2.24) is 15.2 Å². The molecule has 3 rings (SSSR count). The summed E-state index contributed by atoms with van der Waals surface area (Å²) in [6.45, 7) is 2.99. The van der Waals surface area contributed by atoms with Gasteiger partial charge in [-0.05, 0) is 23.4 Å². The van der Waals surface area contributed by atoms with E-state index in [1.54, 1.807) is 6.07 Å². The summed E-state index contributed by atoms with van der Waals surface area (Å²) >= 11 is 0. The molecule has 1 aliphatic heterocycles. The number of fused-ring (bicyclic) bond motifs is 1. The summed E-state index contributed by atoms with van der Waals surface area (Å²) in [5.74, 6) is 0. The lowest BCUT2D eigenvalue weighted by molar-refractivity contribution is -0.383. The van der Waals surface area contributed by atoms with E-state index in [1.807, 2.05) is 7.05 Å². The van der Waals surface area contributed by atoms with E-state index < -0.39 is 4.92 Å². The van der Waals surface area contributed by atoms with Gasteiger partial charge in [0.1, 0.15) is 0 Å². The monoisotopic (exact) mass is 292 g/mol. The molecule has 9 heteroatoms. The van der Waals surface area contributed by atoms with E-state index >= 15 is 0 Å². The zero-order valence-corrected chi connectivity index (χ0v) is 11.6. The zero-order valence-electron chi connectivity index (χ0n) is 11.6. The fourth-order valence-electron chi connectivity index (χ4n) is 2.75. The number of aromatic nitrogens is 2. The van der Waals surface area contributed by atoms with E-state index in [9.17, 15) is 10.1 Å². The number of likely N-dealkylation sites (N-methyl/N-ethyl adjacent to an activating group) is 1. The number of benzene rings is 1. The van der Waals surface area contributed by atoms with Gasteiger partial charge >= 0.3 is 5.69 Å². The molecule has 112 valence electrons. The predicted octanol–water partition coefficient (Wildman–Crippen LogP) is 0.210. The van der Waals surface area contributed by atoms with Gasteiger partial charge in [0, 0.05) is 32.2 Å². The minimum absolute atomic E-state index is 0.103. The van der Waals surface area contributed by atoms with Crippen molar-refractivity contribution in [2.24, 2.45) is 5.73 Å². The highest BCUT2D eigenvalue weighted by Crippen LogP contribution is 2.32. The molecule has 1 unspecified atom stereocenters. The van der Waals surface area contributed by atoms with Crippen LogP contribution in [-0.2, 0) is 0 Å². The molecule has 0 amide bonds. The van der Waals surface area contributed by atoms with Gasteiger partial charge in [0.2, 0.25) is 5.52 Å². The molecule has 1 atom stereocenters. The highest BCUT2D eigenvalue weighted by Gasteiger charge is 2.29. The third kappa shape index (κ3) is 2.30. The molecule has 1 aliphatic rings. The second-order valence-corrected chi connectivity index (χ2v) is 5.17. The number of anilines is 1. The van der Waals surface area contributed by atoms with Crippen LogP contribution in [0.2, 0.25) is 0 Å². The summed E-state index contributed by atoms with van der Waals surface area (Å²) in [5.41, 5.74) is 7.11. The van der Waals surface area contributed by atoms with Gasteiger partial charge in [-0.15, -0.1) is 0 Å². The normalized spacial score (nSPS) is 20.1. The van der Waals surface area contributed by atoms with E-state index in [0.29, 0.717) is 12.1 Å². The van der Waals surface area contributed by atoms with Gasteiger partial charge < -0.3 is 15.5 Å². The fourth-order valence-corrected chi connectivity index (χ4v) is 2.75. The number of hydrogen-bond acceptors (Lipinski definition) is 8. The third-order valence-electron chi connectivity index (χ3n) is 3.84. The van der Waals surface area contributed by atoms with Crippen LogP contribution in [-0.4, -0.2) is 59.4 Å². The summed E-state index contributed by atoms with van der Waals surface area (Å²) in [6.07, 6.45) is 0. The van der Waals surface area contributed by atoms with E-state index in [1.165, 1.54) is 6.07 Å². The van der Waals surface area contributed by atoms with Gasteiger partial charge in [0.25, 0.3) is 0 Å². The summed E-state index contributed by atoms with van der Waals surface area (Å²) in [5, 5.41) is 18.5. The molecule has 0 bridgehead atoms. The number of nitro groups is 1. The van der Waals surface area contributed by atoms with Gasteiger partial charge in [0.15, 0.2) is 5.52 Å². The second kappa shape index (κ2) is 5.26. The van der Waals surface area contributed by atoms with Crippen molar-refractivity contribution in [2.75, 3.05) is 38.1 Å². The molecule has 0 radical (unpaired) electrons. The number of piperazine rings is 1. The third-order valence-corrected chi connectivity index (χ3v) is 3.84. The van der Waals surface area contributed by atoms with E-state index in [0.717, 1.165) is 25.3 Å². The first-order chi connectivity index (χ1) is 10.1. The van der Waals surface area contributed by atoms with Crippen molar-refractivity contribution in [3.8, 4) is 0 Å². The molecule has 9 nitrogen and oxygen atoms in total. The smallest absolute Gasteiger partial charge is 0.300 e. The first kappa shape index (κ1) is 13.7. The van der Waals surface area contributed by atoms with Crippen molar-refractivity contribution in [3.63, 3.8) is 0 Å². The Hall–Kier alpha value is -2.26. The van der Waals surface area contributed by atoms with Gasteiger partial charge in [-0.25, -0.2) is 4.63 Å². The number of rotatable bonds is 3. The molecule has 2 N–H and O–H groups in total. The van der Waals surface area contributed by atoms with Crippen LogP contribution in [0.4, 0.5) is 11.4 Å². The van der Waals surface area contributed by atoms with E-state index in [4.69, 9.17) is 10.4 Å². The van der Waals surface area contributed by atoms with Crippen LogP contribution in [0.1, 0.15) is 0 Å². The van der Waals surface area contributed by atoms with Gasteiger partial charge in [-0.1, -0.05) is 0 Å². The highest BCUT2D eigenvalue weighted by atomic mass is 16.6. The molecular formula is C12H16N6O3. The Morgan fingerprint density at radius 1 is 1.43 bits per heavy atom. The molecule has 0 aliphatic carbocycles. The van der Waals surface area contributed by atoms with Crippen molar-refractivity contribution < 1.29 is 9.55 Å². The Labute approximate surface area is 120 Å². The van der Waals surface area contributed by atoms with Crippen molar-refractivity contribution in [2.45, 2.75) is 6.04 Å². The van der Waals surface area contributed by atoms with Crippen molar-refractivity contribution in [3.05, 3.63) is 22.2 Å². The standard InChI is InChI=1S/C12H16N6O3/c1-16-4-5-17(8(6-13)7-16)9-2-3-10(18(19)20)12-11(9)14-21-15-12/h2-3,8H,4-7,13H2,1H3. The summed E-state index contributed by atoms with van der Waals surface area (Å²) in [4.78, 5) is 14.9. The molecule has 1 fully saturated rings. The lowest BCUT2D eigenvalue weighted by Gasteiger charge is -2.40. The van der Waals surface area contributed by atoms with Crippen LogP contribution in [0.3, 0.4) is 0 Å². The van der Waals surface area contributed by atoms with Crippen LogP contribution < -0.4 is 10.6 Å². The zero-order chi connectivity index (χ0) is 15.0. The summed E-state index contributed by atoms with van der Waals surface area (Å²) in [7, 11) is 2.04. The Morgan fingerprint density at radius 3 is 2.90 bits per heavy atom. The maximum Gasteiger partial charge on any atom is 0.300 e. The maximum atomic E-state index is 11.0. The molecule has 1 aromatic carbocycles. The number of nitrogens with two attached hydrogens (primary N) is 1. The minimum atomic E-state index is -0.485.